The molecule has 1 atom stereocenters. The molecule has 1 fully saturated rings. The normalized spacial score (nSPS) is 15.4. The first kappa shape index (κ1) is 22.0. The van der Waals surface area contributed by atoms with Crippen LogP contribution in [0, 0.1) is 11.6 Å². The molecule has 0 saturated carbocycles. The van der Waals surface area contributed by atoms with Crippen LogP contribution < -0.4 is 5.32 Å². The molecule has 0 aromatic heterocycles. The van der Waals surface area contributed by atoms with Gasteiger partial charge in [0.15, 0.2) is 11.6 Å². The van der Waals surface area contributed by atoms with Gasteiger partial charge in [-0.2, -0.15) is 13.2 Å². The molecule has 0 spiro atoms. The summed E-state index contributed by atoms with van der Waals surface area (Å²) < 4.78 is 66.2. The van der Waals surface area contributed by atoms with Gasteiger partial charge in [0.2, 0.25) is 5.91 Å². The van der Waals surface area contributed by atoms with Crippen molar-refractivity contribution in [1.82, 2.24) is 10.2 Å². The minimum Gasteiger partial charge on any atom is -0.343 e. The number of hydrogen-bond donors (Lipinski definition) is 1. The third kappa shape index (κ3) is 4.89. The van der Waals surface area contributed by atoms with Gasteiger partial charge in [0.05, 0.1) is 22.2 Å². The van der Waals surface area contributed by atoms with Crippen LogP contribution in [0.15, 0.2) is 36.4 Å². The molecule has 2 aromatic carbocycles. The summed E-state index contributed by atoms with van der Waals surface area (Å²) in [5, 5.41) is 2.13. The number of nitrogens with one attached hydrogen (secondary N) is 1. The molecule has 1 saturated heterocycles. The first-order valence-corrected chi connectivity index (χ1v) is 9.34. The van der Waals surface area contributed by atoms with Crippen LogP contribution in [0.3, 0.4) is 0 Å². The van der Waals surface area contributed by atoms with Crippen LogP contribution in [-0.2, 0) is 11.0 Å². The Kier molecular flexibility index (Phi) is 6.30. The molecular weight excluding hydrogens is 431 g/mol. The second-order valence-corrected chi connectivity index (χ2v) is 7.25. The summed E-state index contributed by atoms with van der Waals surface area (Å²) in [5.41, 5.74) is -1.19. The zero-order chi connectivity index (χ0) is 22.1. The van der Waals surface area contributed by atoms with E-state index < -0.39 is 35.3 Å². The molecule has 10 heteroatoms. The van der Waals surface area contributed by atoms with Crippen LogP contribution in [0.2, 0.25) is 5.02 Å². The second kappa shape index (κ2) is 8.59. The molecule has 1 aliphatic heterocycles. The lowest BCUT2D eigenvalue weighted by atomic mass is 10.0. The Morgan fingerprint density at radius 1 is 1.17 bits per heavy atom. The number of nitrogens with zero attached hydrogens (tertiary/aromatic N) is 1. The Balaban J connectivity index is 1.93. The molecule has 2 amide bonds. The van der Waals surface area contributed by atoms with Gasteiger partial charge in [-0.3, -0.25) is 9.59 Å². The third-order valence-corrected chi connectivity index (χ3v) is 5.06. The highest BCUT2D eigenvalue weighted by atomic mass is 35.5. The molecule has 0 aliphatic carbocycles. The van der Waals surface area contributed by atoms with Crippen molar-refractivity contribution in [3.8, 4) is 0 Å². The summed E-state index contributed by atoms with van der Waals surface area (Å²) in [4.78, 5) is 26.0. The number of rotatable bonds is 5. The van der Waals surface area contributed by atoms with Crippen LogP contribution >= 0.6 is 11.6 Å². The number of amides is 2. The molecule has 3 rings (SSSR count). The van der Waals surface area contributed by atoms with Gasteiger partial charge in [-0.05, 0) is 36.2 Å². The van der Waals surface area contributed by atoms with Gasteiger partial charge < -0.3 is 10.2 Å². The molecule has 1 aliphatic rings. The molecule has 1 N–H and O–H groups in total. The molecule has 160 valence electrons. The maximum Gasteiger partial charge on any atom is 0.416 e. The minimum absolute atomic E-state index is 0.0762. The monoisotopic (exact) mass is 446 g/mol. The van der Waals surface area contributed by atoms with Crippen LogP contribution in [0.1, 0.15) is 40.4 Å². The van der Waals surface area contributed by atoms with E-state index in [0.717, 1.165) is 12.1 Å². The van der Waals surface area contributed by atoms with Crippen LogP contribution in [0.5, 0.6) is 0 Å². The number of halogens is 6. The fourth-order valence-electron chi connectivity index (χ4n) is 3.22. The fraction of sp³-hybridized carbons (Fsp3) is 0.300. The zero-order valence-electron chi connectivity index (χ0n) is 15.4. The van der Waals surface area contributed by atoms with E-state index in [-0.39, 0.29) is 28.6 Å². The summed E-state index contributed by atoms with van der Waals surface area (Å²) >= 11 is 5.82. The Bertz CT molecular complexity index is 980. The van der Waals surface area contributed by atoms with Gasteiger partial charge in [-0.1, -0.05) is 23.7 Å². The van der Waals surface area contributed by atoms with Crippen molar-refractivity contribution in [1.29, 1.82) is 0 Å². The highest BCUT2D eigenvalue weighted by Crippen LogP contribution is 2.31. The molecule has 2 aromatic rings. The minimum atomic E-state index is -4.60. The standard InChI is InChI=1S/C20H16ClF5N2O2/c21-14-9-16(23)15(22)8-13(14)19(30)27-17(10-28-6-2-5-18(28)29)11-3-1-4-12(7-11)20(24,25)26/h1,3-4,7-9,17H,2,5-6,10H2,(H,27,30). The lowest BCUT2D eigenvalue weighted by Gasteiger charge is -2.26. The first-order chi connectivity index (χ1) is 14.1. The first-order valence-electron chi connectivity index (χ1n) is 8.96. The van der Waals surface area contributed by atoms with Gasteiger partial charge in [0.25, 0.3) is 5.91 Å². The van der Waals surface area contributed by atoms with Crippen molar-refractivity contribution in [3.05, 3.63) is 69.7 Å². The summed E-state index contributed by atoms with van der Waals surface area (Å²) in [7, 11) is 0. The number of carbonyl (C=O) groups excluding carboxylic acids is 2. The Morgan fingerprint density at radius 2 is 1.87 bits per heavy atom. The van der Waals surface area contributed by atoms with Crippen molar-refractivity contribution >= 4 is 23.4 Å². The predicted molar refractivity (Wildman–Crippen MR) is 98.8 cm³/mol. The Labute approximate surface area is 173 Å². The number of hydrogen-bond acceptors (Lipinski definition) is 2. The number of carbonyl (C=O) groups is 2. The molecule has 1 heterocycles. The van der Waals surface area contributed by atoms with Gasteiger partial charge >= 0.3 is 6.18 Å². The highest BCUT2D eigenvalue weighted by Gasteiger charge is 2.32. The van der Waals surface area contributed by atoms with Gasteiger partial charge in [-0.25, -0.2) is 8.78 Å². The van der Waals surface area contributed by atoms with Crippen LogP contribution in [0.25, 0.3) is 0 Å². The molecule has 0 radical (unpaired) electrons. The molecular formula is C20H16ClF5N2O2. The highest BCUT2D eigenvalue weighted by molar-refractivity contribution is 6.33. The Morgan fingerprint density at radius 3 is 2.50 bits per heavy atom. The van der Waals surface area contributed by atoms with Crippen molar-refractivity contribution in [2.24, 2.45) is 0 Å². The van der Waals surface area contributed by atoms with Crippen molar-refractivity contribution in [3.63, 3.8) is 0 Å². The summed E-state index contributed by atoms with van der Waals surface area (Å²) in [6.45, 7) is 0.323. The van der Waals surface area contributed by atoms with E-state index in [4.69, 9.17) is 11.6 Å². The smallest absolute Gasteiger partial charge is 0.343 e. The maximum absolute atomic E-state index is 13.6. The zero-order valence-corrected chi connectivity index (χ0v) is 16.2. The average molecular weight is 447 g/mol. The molecule has 4 nitrogen and oxygen atoms in total. The van der Waals surface area contributed by atoms with E-state index in [1.54, 1.807) is 0 Å². The van der Waals surface area contributed by atoms with E-state index in [0.29, 0.717) is 31.5 Å². The van der Waals surface area contributed by atoms with Gasteiger partial charge in [0.1, 0.15) is 0 Å². The van der Waals surface area contributed by atoms with E-state index >= 15 is 0 Å². The lowest BCUT2D eigenvalue weighted by Crippen LogP contribution is -2.38. The molecule has 0 bridgehead atoms. The predicted octanol–water partition coefficient (Wildman–Crippen LogP) is 4.73. The number of likely N-dealkylation sites (tertiary alicyclic amines) is 1. The second-order valence-electron chi connectivity index (χ2n) is 6.84. The van der Waals surface area contributed by atoms with Gasteiger partial charge in [0, 0.05) is 19.5 Å². The molecule has 30 heavy (non-hydrogen) atoms. The van der Waals surface area contributed by atoms with Crippen LogP contribution in [-0.4, -0.2) is 29.8 Å². The van der Waals surface area contributed by atoms with Gasteiger partial charge in [-0.15, -0.1) is 0 Å². The van der Waals surface area contributed by atoms with E-state index in [1.165, 1.54) is 17.0 Å². The average Bonchev–Trinajstić information content (AvgIpc) is 3.08. The largest absolute Gasteiger partial charge is 0.416 e. The fourth-order valence-corrected chi connectivity index (χ4v) is 3.45. The lowest BCUT2D eigenvalue weighted by molar-refractivity contribution is -0.137. The van der Waals surface area contributed by atoms with Crippen molar-refractivity contribution in [2.75, 3.05) is 13.1 Å². The maximum atomic E-state index is 13.6. The summed E-state index contributed by atoms with van der Waals surface area (Å²) in [5.74, 6) is -3.64. The quantitative estimate of drug-likeness (QED) is 0.533. The van der Waals surface area contributed by atoms with E-state index in [2.05, 4.69) is 5.32 Å². The number of benzene rings is 2. The van der Waals surface area contributed by atoms with Crippen molar-refractivity contribution < 1.29 is 31.5 Å². The van der Waals surface area contributed by atoms with E-state index in [1.807, 2.05) is 0 Å². The summed E-state index contributed by atoms with van der Waals surface area (Å²) in [6.07, 6.45) is -3.70. The van der Waals surface area contributed by atoms with Crippen LogP contribution in [0.4, 0.5) is 22.0 Å². The SMILES string of the molecule is O=C(NC(CN1CCCC1=O)c1cccc(C(F)(F)F)c1)c1cc(F)c(F)cc1Cl. The van der Waals surface area contributed by atoms with E-state index in [9.17, 15) is 31.5 Å². The topological polar surface area (TPSA) is 49.4 Å². The Hall–Kier alpha value is -2.68. The number of alkyl halides is 3. The van der Waals surface area contributed by atoms with Crippen molar-refractivity contribution in [2.45, 2.75) is 25.1 Å². The third-order valence-electron chi connectivity index (χ3n) is 4.75. The summed E-state index contributed by atoms with van der Waals surface area (Å²) in [6, 6.07) is 4.55. The molecule has 1 unspecified atom stereocenters.